The van der Waals surface area contributed by atoms with Crippen LogP contribution in [0.3, 0.4) is 0 Å². The Hall–Kier alpha value is -1.40. The Morgan fingerprint density at radius 3 is 3.12 bits per heavy atom. The molecule has 1 fully saturated rings. The molecule has 1 aliphatic rings. The van der Waals surface area contributed by atoms with Gasteiger partial charge >= 0.3 is 0 Å². The van der Waals surface area contributed by atoms with E-state index in [9.17, 15) is 9.59 Å². The van der Waals surface area contributed by atoms with E-state index in [1.165, 1.54) is 11.3 Å². The summed E-state index contributed by atoms with van der Waals surface area (Å²) in [4.78, 5) is 26.0. The molecule has 0 bridgehead atoms. The van der Waals surface area contributed by atoms with Crippen LogP contribution in [0.25, 0.3) is 0 Å². The third kappa shape index (κ3) is 2.32. The maximum Gasteiger partial charge on any atom is 0.245 e. The Morgan fingerprint density at radius 1 is 1.71 bits per heavy atom. The largest absolute Gasteiger partial charge is 0.353 e. The molecule has 2 unspecified atom stereocenters. The van der Waals surface area contributed by atoms with Gasteiger partial charge in [-0.3, -0.25) is 9.59 Å². The minimum atomic E-state index is -0.664. The SMILES string of the molecule is CC1C(=O)NCCN1C(=O)C(N)c1cccs1. The highest BCUT2D eigenvalue weighted by Crippen LogP contribution is 2.20. The van der Waals surface area contributed by atoms with Gasteiger partial charge in [0.25, 0.3) is 0 Å². The van der Waals surface area contributed by atoms with Crippen LogP contribution in [0, 0.1) is 0 Å². The molecule has 0 aliphatic carbocycles. The average molecular weight is 253 g/mol. The molecule has 0 aromatic carbocycles. The molecule has 3 N–H and O–H groups in total. The van der Waals surface area contributed by atoms with Crippen molar-refractivity contribution in [1.29, 1.82) is 0 Å². The molecule has 0 radical (unpaired) electrons. The lowest BCUT2D eigenvalue weighted by molar-refractivity contribution is -0.143. The number of piperazine rings is 1. The van der Waals surface area contributed by atoms with E-state index in [1.54, 1.807) is 11.8 Å². The second-order valence-electron chi connectivity index (χ2n) is 3.99. The van der Waals surface area contributed by atoms with Gasteiger partial charge in [-0.25, -0.2) is 0 Å². The van der Waals surface area contributed by atoms with Crippen molar-refractivity contribution in [1.82, 2.24) is 10.2 Å². The zero-order valence-corrected chi connectivity index (χ0v) is 10.4. The van der Waals surface area contributed by atoms with E-state index in [4.69, 9.17) is 5.73 Å². The first-order chi connectivity index (χ1) is 8.11. The fraction of sp³-hybridized carbons (Fsp3) is 0.455. The summed E-state index contributed by atoms with van der Waals surface area (Å²) >= 11 is 1.45. The van der Waals surface area contributed by atoms with Crippen molar-refractivity contribution in [2.75, 3.05) is 13.1 Å². The van der Waals surface area contributed by atoms with Crippen LogP contribution in [-0.4, -0.2) is 35.8 Å². The summed E-state index contributed by atoms with van der Waals surface area (Å²) in [5, 5.41) is 4.60. The molecular formula is C11H15N3O2S. The van der Waals surface area contributed by atoms with Gasteiger partial charge in [-0.15, -0.1) is 11.3 Å². The highest BCUT2D eigenvalue weighted by molar-refractivity contribution is 7.10. The first-order valence-electron chi connectivity index (χ1n) is 5.48. The quantitative estimate of drug-likeness (QED) is 0.784. The second kappa shape index (κ2) is 4.85. The zero-order valence-electron chi connectivity index (χ0n) is 9.55. The Labute approximate surface area is 104 Å². The van der Waals surface area contributed by atoms with Gasteiger partial charge in [-0.05, 0) is 18.4 Å². The predicted molar refractivity (Wildman–Crippen MR) is 65.4 cm³/mol. The van der Waals surface area contributed by atoms with Crippen molar-refractivity contribution >= 4 is 23.2 Å². The Kier molecular flexibility index (Phi) is 3.44. The zero-order chi connectivity index (χ0) is 12.4. The van der Waals surface area contributed by atoms with E-state index in [-0.39, 0.29) is 11.8 Å². The summed E-state index contributed by atoms with van der Waals surface area (Å²) in [5.74, 6) is -0.308. The molecule has 2 amide bonds. The Balaban J connectivity index is 2.11. The van der Waals surface area contributed by atoms with Crippen molar-refractivity contribution in [3.63, 3.8) is 0 Å². The van der Waals surface area contributed by atoms with E-state index in [0.717, 1.165) is 4.88 Å². The molecule has 6 heteroatoms. The topological polar surface area (TPSA) is 75.4 Å². The molecule has 1 aromatic rings. The summed E-state index contributed by atoms with van der Waals surface area (Å²) < 4.78 is 0. The smallest absolute Gasteiger partial charge is 0.245 e. The average Bonchev–Trinajstić information content (AvgIpc) is 2.84. The number of hydrogen-bond donors (Lipinski definition) is 2. The van der Waals surface area contributed by atoms with Crippen LogP contribution in [0.5, 0.6) is 0 Å². The second-order valence-corrected chi connectivity index (χ2v) is 4.97. The fourth-order valence-corrected chi connectivity index (χ4v) is 2.57. The lowest BCUT2D eigenvalue weighted by Gasteiger charge is -2.34. The monoisotopic (exact) mass is 253 g/mol. The van der Waals surface area contributed by atoms with Gasteiger partial charge < -0.3 is 16.0 Å². The lowest BCUT2D eigenvalue weighted by atomic mass is 10.1. The van der Waals surface area contributed by atoms with Crippen LogP contribution in [0.15, 0.2) is 17.5 Å². The molecule has 0 spiro atoms. The third-order valence-corrected chi connectivity index (χ3v) is 3.85. The maximum atomic E-state index is 12.2. The van der Waals surface area contributed by atoms with Crippen molar-refractivity contribution in [3.8, 4) is 0 Å². The Morgan fingerprint density at radius 2 is 2.47 bits per heavy atom. The van der Waals surface area contributed by atoms with Crippen LogP contribution >= 0.6 is 11.3 Å². The number of amides is 2. The first kappa shape index (κ1) is 12.1. The summed E-state index contributed by atoms with van der Waals surface area (Å²) in [5.41, 5.74) is 5.91. The van der Waals surface area contributed by atoms with Crippen LogP contribution in [-0.2, 0) is 9.59 Å². The normalized spacial score (nSPS) is 22.1. The summed E-state index contributed by atoms with van der Waals surface area (Å²) in [6, 6.07) is 2.59. The van der Waals surface area contributed by atoms with Crippen LogP contribution in [0.1, 0.15) is 17.8 Å². The molecule has 92 valence electrons. The van der Waals surface area contributed by atoms with Gasteiger partial charge in [-0.2, -0.15) is 0 Å². The standard InChI is InChI=1S/C11H15N3O2S/c1-7-10(15)13-4-5-14(7)11(16)9(12)8-3-2-6-17-8/h2-3,6-7,9H,4-5,12H2,1H3,(H,13,15). The highest BCUT2D eigenvalue weighted by Gasteiger charge is 2.32. The van der Waals surface area contributed by atoms with E-state index in [1.807, 2.05) is 17.5 Å². The number of thiophene rings is 1. The summed E-state index contributed by atoms with van der Waals surface area (Å²) in [6.45, 7) is 2.73. The predicted octanol–water partition coefficient (Wildman–Crippen LogP) is 0.0948. The van der Waals surface area contributed by atoms with Crippen LogP contribution in [0.4, 0.5) is 0 Å². The molecule has 1 saturated heterocycles. The van der Waals surface area contributed by atoms with Gasteiger partial charge in [0, 0.05) is 18.0 Å². The lowest BCUT2D eigenvalue weighted by Crippen LogP contribution is -2.57. The van der Waals surface area contributed by atoms with Crippen molar-refractivity contribution in [3.05, 3.63) is 22.4 Å². The molecule has 0 saturated carbocycles. The molecule has 17 heavy (non-hydrogen) atoms. The molecule has 2 rings (SSSR count). The minimum Gasteiger partial charge on any atom is -0.353 e. The van der Waals surface area contributed by atoms with E-state index < -0.39 is 12.1 Å². The van der Waals surface area contributed by atoms with Crippen LogP contribution < -0.4 is 11.1 Å². The van der Waals surface area contributed by atoms with E-state index in [0.29, 0.717) is 13.1 Å². The minimum absolute atomic E-state index is 0.122. The number of nitrogens with one attached hydrogen (secondary N) is 1. The summed E-state index contributed by atoms with van der Waals surface area (Å²) in [7, 11) is 0. The molecule has 2 heterocycles. The van der Waals surface area contributed by atoms with E-state index >= 15 is 0 Å². The highest BCUT2D eigenvalue weighted by atomic mass is 32.1. The molecular weight excluding hydrogens is 238 g/mol. The van der Waals surface area contributed by atoms with Crippen LogP contribution in [0.2, 0.25) is 0 Å². The van der Waals surface area contributed by atoms with Gasteiger partial charge in [0.05, 0.1) is 0 Å². The fourth-order valence-electron chi connectivity index (χ4n) is 1.85. The summed E-state index contributed by atoms with van der Waals surface area (Å²) in [6.07, 6.45) is 0. The van der Waals surface area contributed by atoms with E-state index in [2.05, 4.69) is 5.32 Å². The molecule has 1 aliphatic heterocycles. The van der Waals surface area contributed by atoms with Crippen molar-refractivity contribution < 1.29 is 9.59 Å². The van der Waals surface area contributed by atoms with Gasteiger partial charge in [0.2, 0.25) is 11.8 Å². The maximum absolute atomic E-state index is 12.2. The molecule has 1 aromatic heterocycles. The molecule has 2 atom stereocenters. The number of rotatable bonds is 2. The van der Waals surface area contributed by atoms with Gasteiger partial charge in [0.1, 0.15) is 12.1 Å². The Bertz CT molecular complexity index is 418. The van der Waals surface area contributed by atoms with Gasteiger partial charge in [0.15, 0.2) is 0 Å². The number of nitrogens with zero attached hydrogens (tertiary/aromatic N) is 1. The van der Waals surface area contributed by atoms with Crippen molar-refractivity contribution in [2.24, 2.45) is 5.73 Å². The third-order valence-electron chi connectivity index (χ3n) is 2.90. The first-order valence-corrected chi connectivity index (χ1v) is 6.36. The van der Waals surface area contributed by atoms with Gasteiger partial charge in [-0.1, -0.05) is 6.07 Å². The number of carbonyl (C=O) groups is 2. The number of hydrogen-bond acceptors (Lipinski definition) is 4. The van der Waals surface area contributed by atoms with Crippen molar-refractivity contribution in [2.45, 2.75) is 19.0 Å². The number of carbonyl (C=O) groups excluding carboxylic acids is 2. The molecule has 5 nitrogen and oxygen atoms in total. The number of nitrogens with two attached hydrogens (primary N) is 1.